The van der Waals surface area contributed by atoms with Gasteiger partial charge in [-0.25, -0.2) is 0 Å². The number of piperidine rings is 3. The fourth-order valence-corrected chi connectivity index (χ4v) is 4.21. The highest BCUT2D eigenvalue weighted by atomic mass is 16.3. The minimum absolute atomic E-state index is 0.0231. The van der Waals surface area contributed by atoms with Gasteiger partial charge in [-0.05, 0) is 70.0 Å². The van der Waals surface area contributed by atoms with Crippen LogP contribution in [-0.4, -0.2) is 35.5 Å². The van der Waals surface area contributed by atoms with E-state index in [9.17, 15) is 4.79 Å². The molecule has 2 bridgehead atoms. The third kappa shape index (κ3) is 2.05. The summed E-state index contributed by atoms with van der Waals surface area (Å²) >= 11 is 0. The average Bonchev–Trinajstić information content (AvgIpc) is 2.98. The van der Waals surface area contributed by atoms with Crippen LogP contribution in [0, 0.1) is 5.92 Å². The molecular formula is C18H22N2O2. The van der Waals surface area contributed by atoms with Crippen LogP contribution in [0.4, 0.5) is 0 Å². The first-order valence-electron chi connectivity index (χ1n) is 8.09. The highest BCUT2D eigenvalue weighted by Gasteiger charge is 2.48. The van der Waals surface area contributed by atoms with Gasteiger partial charge in [0.05, 0.1) is 6.26 Å². The molecule has 116 valence electrons. The van der Waals surface area contributed by atoms with Gasteiger partial charge in [-0.15, -0.1) is 0 Å². The van der Waals surface area contributed by atoms with Crippen LogP contribution in [0.2, 0.25) is 0 Å². The predicted octanol–water partition coefficient (Wildman–Crippen LogP) is 3.04. The van der Waals surface area contributed by atoms with Crippen LogP contribution in [0.25, 0.3) is 11.0 Å². The molecule has 4 heteroatoms. The second-order valence-corrected chi connectivity index (χ2v) is 7.10. The molecule has 3 saturated heterocycles. The van der Waals surface area contributed by atoms with E-state index < -0.39 is 0 Å². The number of nitrogens with zero attached hydrogens (tertiary/aromatic N) is 1. The lowest BCUT2D eigenvalue weighted by Gasteiger charge is -2.56. The zero-order valence-electron chi connectivity index (χ0n) is 13.1. The lowest BCUT2D eigenvalue weighted by atomic mass is 9.72. The van der Waals surface area contributed by atoms with E-state index in [1.165, 1.54) is 12.8 Å². The number of carbonyl (C=O) groups excluding carboxylic acids is 1. The van der Waals surface area contributed by atoms with Crippen molar-refractivity contribution in [2.75, 3.05) is 13.1 Å². The zero-order valence-corrected chi connectivity index (χ0v) is 13.1. The van der Waals surface area contributed by atoms with Crippen molar-refractivity contribution < 1.29 is 9.21 Å². The highest BCUT2D eigenvalue weighted by molar-refractivity contribution is 5.98. The van der Waals surface area contributed by atoms with Crippen LogP contribution in [0.3, 0.4) is 0 Å². The third-order valence-electron chi connectivity index (χ3n) is 5.59. The zero-order chi connectivity index (χ0) is 15.3. The van der Waals surface area contributed by atoms with Crippen molar-refractivity contribution in [2.45, 2.75) is 38.3 Å². The summed E-state index contributed by atoms with van der Waals surface area (Å²) in [6.45, 7) is 6.82. The number of furan rings is 1. The van der Waals surface area contributed by atoms with Gasteiger partial charge in [0.1, 0.15) is 5.58 Å². The largest absolute Gasteiger partial charge is 0.464 e. The molecule has 0 saturated carbocycles. The summed E-state index contributed by atoms with van der Waals surface area (Å²) in [5.74, 6) is 0.622. The Morgan fingerprint density at radius 3 is 2.77 bits per heavy atom. The highest BCUT2D eigenvalue weighted by Crippen LogP contribution is 2.39. The Morgan fingerprint density at radius 2 is 2.05 bits per heavy atom. The molecule has 1 aromatic carbocycles. The molecule has 22 heavy (non-hydrogen) atoms. The summed E-state index contributed by atoms with van der Waals surface area (Å²) in [6.07, 6.45) is 4.03. The maximum atomic E-state index is 12.7. The topological polar surface area (TPSA) is 45.5 Å². The quantitative estimate of drug-likeness (QED) is 0.927. The van der Waals surface area contributed by atoms with E-state index in [1.54, 1.807) is 6.26 Å². The summed E-state index contributed by atoms with van der Waals surface area (Å²) in [7, 11) is 0. The Kier molecular flexibility index (Phi) is 3.05. The number of amides is 1. The molecule has 3 aliphatic heterocycles. The summed E-state index contributed by atoms with van der Waals surface area (Å²) in [6, 6.07) is 7.73. The first-order valence-corrected chi connectivity index (χ1v) is 8.09. The van der Waals surface area contributed by atoms with Gasteiger partial charge in [-0.1, -0.05) is 0 Å². The second-order valence-electron chi connectivity index (χ2n) is 7.10. The van der Waals surface area contributed by atoms with Crippen LogP contribution < -0.4 is 5.32 Å². The lowest BCUT2D eigenvalue weighted by Crippen LogP contribution is -2.69. The van der Waals surface area contributed by atoms with E-state index in [0.29, 0.717) is 11.5 Å². The Bertz CT molecular complexity index is 711. The number of fused-ring (bicyclic) bond motifs is 4. The summed E-state index contributed by atoms with van der Waals surface area (Å²) < 4.78 is 5.34. The second kappa shape index (κ2) is 4.85. The van der Waals surface area contributed by atoms with E-state index >= 15 is 0 Å². The first-order chi connectivity index (χ1) is 10.6. The molecule has 0 aliphatic carbocycles. The Balaban J connectivity index is 1.58. The Hall–Kier alpha value is -1.81. The van der Waals surface area contributed by atoms with Crippen LogP contribution in [-0.2, 0) is 0 Å². The predicted molar refractivity (Wildman–Crippen MR) is 85.8 cm³/mol. The summed E-state index contributed by atoms with van der Waals surface area (Å²) in [5, 5.41) is 4.28. The van der Waals surface area contributed by atoms with E-state index in [0.717, 1.165) is 24.1 Å². The van der Waals surface area contributed by atoms with E-state index in [-0.39, 0.29) is 17.5 Å². The molecule has 4 nitrogen and oxygen atoms in total. The van der Waals surface area contributed by atoms with Crippen molar-refractivity contribution in [2.24, 2.45) is 5.92 Å². The van der Waals surface area contributed by atoms with Crippen molar-refractivity contribution in [3.63, 3.8) is 0 Å². The molecule has 0 unspecified atom stereocenters. The maximum absolute atomic E-state index is 12.7. The third-order valence-corrected chi connectivity index (χ3v) is 5.59. The lowest BCUT2D eigenvalue weighted by molar-refractivity contribution is -0.0378. The van der Waals surface area contributed by atoms with E-state index in [1.807, 2.05) is 24.3 Å². The smallest absolute Gasteiger partial charge is 0.251 e. The maximum Gasteiger partial charge on any atom is 0.251 e. The Morgan fingerprint density at radius 1 is 1.27 bits per heavy atom. The SMILES string of the molecule is CC1(C)[C@@H](NC(=O)c2ccc3occc3c2)C2CCN1CC2. The van der Waals surface area contributed by atoms with Crippen molar-refractivity contribution in [3.05, 3.63) is 36.1 Å². The molecule has 5 rings (SSSR count). The van der Waals surface area contributed by atoms with Crippen LogP contribution in [0.1, 0.15) is 37.0 Å². The number of nitrogens with one attached hydrogen (secondary N) is 1. The normalized spacial score (nSPS) is 29.6. The van der Waals surface area contributed by atoms with Gasteiger partial charge in [0.25, 0.3) is 5.91 Å². The van der Waals surface area contributed by atoms with Gasteiger partial charge in [0.2, 0.25) is 0 Å². The number of hydrogen-bond acceptors (Lipinski definition) is 3. The summed E-state index contributed by atoms with van der Waals surface area (Å²) in [5.41, 5.74) is 1.57. The van der Waals surface area contributed by atoms with Crippen LogP contribution in [0.15, 0.2) is 34.9 Å². The van der Waals surface area contributed by atoms with Crippen molar-refractivity contribution in [1.82, 2.24) is 10.2 Å². The molecule has 2 aromatic rings. The first kappa shape index (κ1) is 13.8. The molecule has 3 fully saturated rings. The van der Waals surface area contributed by atoms with Gasteiger partial charge < -0.3 is 9.73 Å². The van der Waals surface area contributed by atoms with Gasteiger partial charge in [-0.3, -0.25) is 9.69 Å². The monoisotopic (exact) mass is 298 g/mol. The van der Waals surface area contributed by atoms with E-state index in [4.69, 9.17) is 4.42 Å². The summed E-state index contributed by atoms with van der Waals surface area (Å²) in [4.78, 5) is 15.2. The van der Waals surface area contributed by atoms with Crippen LogP contribution in [0.5, 0.6) is 0 Å². The van der Waals surface area contributed by atoms with Gasteiger partial charge in [0, 0.05) is 22.5 Å². The molecule has 1 amide bonds. The minimum atomic E-state index is 0.0231. The molecule has 4 heterocycles. The molecule has 1 atom stereocenters. The molecule has 1 N–H and O–H groups in total. The van der Waals surface area contributed by atoms with Gasteiger partial charge in [0.15, 0.2) is 0 Å². The standard InChI is InChI=1S/C18H22N2O2/c1-18(2)16(12-5-8-20(18)9-6-12)19-17(21)14-3-4-15-13(11-14)7-10-22-15/h3-4,7,10-12,16H,5-6,8-9H2,1-2H3,(H,19,21)/t16-/m0/s1. The van der Waals surface area contributed by atoms with Gasteiger partial charge in [-0.2, -0.15) is 0 Å². The van der Waals surface area contributed by atoms with Crippen molar-refractivity contribution >= 4 is 16.9 Å². The van der Waals surface area contributed by atoms with Crippen LogP contribution >= 0.6 is 0 Å². The molecule has 1 aromatic heterocycles. The van der Waals surface area contributed by atoms with Gasteiger partial charge >= 0.3 is 0 Å². The number of hydrogen-bond donors (Lipinski definition) is 1. The fraction of sp³-hybridized carbons (Fsp3) is 0.500. The minimum Gasteiger partial charge on any atom is -0.464 e. The number of rotatable bonds is 2. The van der Waals surface area contributed by atoms with E-state index in [2.05, 4.69) is 24.1 Å². The molecule has 0 spiro atoms. The number of benzene rings is 1. The molecule has 3 aliphatic rings. The fourth-order valence-electron chi connectivity index (χ4n) is 4.21. The average molecular weight is 298 g/mol. The molecular weight excluding hydrogens is 276 g/mol. The van der Waals surface area contributed by atoms with Crippen molar-refractivity contribution in [3.8, 4) is 0 Å². The van der Waals surface area contributed by atoms with Crippen molar-refractivity contribution in [1.29, 1.82) is 0 Å². The number of carbonyl (C=O) groups is 1. The molecule has 0 radical (unpaired) electrons. The Labute approximate surface area is 130 Å².